The van der Waals surface area contributed by atoms with Crippen molar-refractivity contribution in [3.05, 3.63) is 53.3 Å². The molecule has 0 saturated carbocycles. The molecule has 0 unspecified atom stereocenters. The minimum absolute atomic E-state index is 0.0608. The van der Waals surface area contributed by atoms with E-state index in [0.29, 0.717) is 13.0 Å². The van der Waals surface area contributed by atoms with E-state index in [4.69, 9.17) is 0 Å². The van der Waals surface area contributed by atoms with Crippen LogP contribution in [0.4, 0.5) is 5.82 Å². The second-order valence-electron chi connectivity index (χ2n) is 5.99. The SMILES string of the molecule is Cc1ccnc2c1CCN2C(=O)Cc1nn(C)c2ccccc12. The molecule has 3 aromatic rings. The van der Waals surface area contributed by atoms with Gasteiger partial charge in [-0.1, -0.05) is 18.2 Å². The Hall–Kier alpha value is -2.69. The van der Waals surface area contributed by atoms with E-state index in [1.165, 1.54) is 11.1 Å². The van der Waals surface area contributed by atoms with Crippen molar-refractivity contribution in [2.45, 2.75) is 19.8 Å². The summed E-state index contributed by atoms with van der Waals surface area (Å²) in [4.78, 5) is 19.0. The summed E-state index contributed by atoms with van der Waals surface area (Å²) < 4.78 is 1.83. The van der Waals surface area contributed by atoms with E-state index in [1.54, 1.807) is 11.1 Å². The summed E-state index contributed by atoms with van der Waals surface area (Å²) in [5.74, 6) is 0.876. The molecule has 1 aliphatic rings. The molecule has 5 heteroatoms. The Kier molecular flexibility index (Phi) is 3.15. The van der Waals surface area contributed by atoms with Crippen molar-refractivity contribution in [3.63, 3.8) is 0 Å². The number of hydrogen-bond donors (Lipinski definition) is 0. The summed E-state index contributed by atoms with van der Waals surface area (Å²) in [7, 11) is 1.91. The molecule has 1 aromatic carbocycles. The molecule has 4 rings (SSSR count). The van der Waals surface area contributed by atoms with Gasteiger partial charge in [0.2, 0.25) is 5.91 Å². The maximum absolute atomic E-state index is 12.8. The third-order valence-corrected chi connectivity index (χ3v) is 4.56. The van der Waals surface area contributed by atoms with Crippen LogP contribution in [0.25, 0.3) is 10.9 Å². The first-order valence-electron chi connectivity index (χ1n) is 7.80. The lowest BCUT2D eigenvalue weighted by Crippen LogP contribution is -2.31. The number of benzene rings is 1. The molecule has 0 atom stereocenters. The van der Waals surface area contributed by atoms with Crippen LogP contribution >= 0.6 is 0 Å². The van der Waals surface area contributed by atoms with Crippen LogP contribution in [-0.4, -0.2) is 27.2 Å². The van der Waals surface area contributed by atoms with Crippen molar-refractivity contribution < 1.29 is 4.79 Å². The molecule has 2 aromatic heterocycles. The van der Waals surface area contributed by atoms with E-state index in [9.17, 15) is 4.79 Å². The van der Waals surface area contributed by atoms with Gasteiger partial charge < -0.3 is 0 Å². The number of carbonyl (C=O) groups excluding carboxylic acids is 1. The molecule has 3 heterocycles. The van der Waals surface area contributed by atoms with Crippen LogP contribution in [0.2, 0.25) is 0 Å². The number of fused-ring (bicyclic) bond motifs is 2. The van der Waals surface area contributed by atoms with Gasteiger partial charge >= 0.3 is 0 Å². The maximum atomic E-state index is 12.8. The normalized spacial score (nSPS) is 13.6. The number of para-hydroxylation sites is 1. The number of anilines is 1. The highest BCUT2D eigenvalue weighted by atomic mass is 16.2. The summed E-state index contributed by atoms with van der Waals surface area (Å²) in [6, 6.07) is 10.0. The second-order valence-corrected chi connectivity index (χ2v) is 5.99. The van der Waals surface area contributed by atoms with Crippen molar-refractivity contribution in [1.29, 1.82) is 0 Å². The molecule has 5 nitrogen and oxygen atoms in total. The van der Waals surface area contributed by atoms with E-state index in [-0.39, 0.29) is 5.91 Å². The molecule has 0 aliphatic carbocycles. The van der Waals surface area contributed by atoms with Gasteiger partial charge in [0.05, 0.1) is 17.6 Å². The predicted molar refractivity (Wildman–Crippen MR) is 89.4 cm³/mol. The molecular weight excluding hydrogens is 288 g/mol. The topological polar surface area (TPSA) is 51.0 Å². The van der Waals surface area contributed by atoms with E-state index >= 15 is 0 Å². The fourth-order valence-corrected chi connectivity index (χ4v) is 3.35. The van der Waals surface area contributed by atoms with Crippen molar-refractivity contribution >= 4 is 22.6 Å². The Labute approximate surface area is 134 Å². The average molecular weight is 306 g/mol. The van der Waals surface area contributed by atoms with Crippen LogP contribution in [0.5, 0.6) is 0 Å². The van der Waals surface area contributed by atoms with Gasteiger partial charge in [0, 0.05) is 25.2 Å². The van der Waals surface area contributed by atoms with E-state index in [2.05, 4.69) is 17.0 Å². The third kappa shape index (κ3) is 2.20. The molecule has 0 spiro atoms. The zero-order chi connectivity index (χ0) is 16.0. The summed E-state index contributed by atoms with van der Waals surface area (Å²) in [5, 5.41) is 5.57. The van der Waals surface area contributed by atoms with Gasteiger partial charge in [-0.15, -0.1) is 0 Å². The lowest BCUT2D eigenvalue weighted by atomic mass is 10.1. The van der Waals surface area contributed by atoms with Gasteiger partial charge in [-0.3, -0.25) is 14.4 Å². The molecule has 1 amide bonds. The van der Waals surface area contributed by atoms with Gasteiger partial charge in [-0.2, -0.15) is 5.10 Å². The lowest BCUT2D eigenvalue weighted by molar-refractivity contribution is -0.117. The number of amides is 1. The fraction of sp³-hybridized carbons (Fsp3) is 0.278. The first kappa shape index (κ1) is 13.9. The number of aryl methyl sites for hydroxylation is 2. The molecule has 0 saturated heterocycles. The van der Waals surface area contributed by atoms with E-state index in [0.717, 1.165) is 28.8 Å². The largest absolute Gasteiger partial charge is 0.296 e. The monoisotopic (exact) mass is 306 g/mol. The molecule has 1 aliphatic heterocycles. The number of nitrogens with zero attached hydrogens (tertiary/aromatic N) is 4. The molecular formula is C18H18N4O. The first-order chi connectivity index (χ1) is 11.1. The summed E-state index contributed by atoms with van der Waals surface area (Å²) in [6.45, 7) is 2.78. The van der Waals surface area contributed by atoms with Gasteiger partial charge in [0.15, 0.2) is 0 Å². The Morgan fingerprint density at radius 1 is 1.26 bits per heavy atom. The van der Waals surface area contributed by atoms with Crippen molar-refractivity contribution in [1.82, 2.24) is 14.8 Å². The Bertz CT molecular complexity index is 913. The zero-order valence-electron chi connectivity index (χ0n) is 13.3. The zero-order valence-corrected chi connectivity index (χ0v) is 13.3. The molecule has 0 N–H and O–H groups in total. The number of pyridine rings is 1. The van der Waals surface area contributed by atoms with Crippen LogP contribution in [0, 0.1) is 6.92 Å². The standard InChI is InChI=1S/C18H18N4O/c1-12-7-9-19-18-13(12)8-10-22(18)17(23)11-15-14-5-3-4-6-16(14)21(2)20-15/h3-7,9H,8,10-11H2,1-2H3. The molecule has 0 fully saturated rings. The van der Waals surface area contributed by atoms with Gasteiger partial charge in [0.1, 0.15) is 5.82 Å². The number of rotatable bonds is 2. The highest BCUT2D eigenvalue weighted by molar-refractivity contribution is 5.97. The van der Waals surface area contributed by atoms with Gasteiger partial charge in [0.25, 0.3) is 0 Å². The van der Waals surface area contributed by atoms with Crippen LogP contribution in [0.1, 0.15) is 16.8 Å². The van der Waals surface area contributed by atoms with Crippen LogP contribution in [-0.2, 0) is 24.7 Å². The highest BCUT2D eigenvalue weighted by Crippen LogP contribution is 2.29. The Balaban J connectivity index is 1.66. The second kappa shape index (κ2) is 5.19. The van der Waals surface area contributed by atoms with Crippen LogP contribution in [0.3, 0.4) is 0 Å². The van der Waals surface area contributed by atoms with Crippen molar-refractivity contribution in [2.75, 3.05) is 11.4 Å². The maximum Gasteiger partial charge on any atom is 0.234 e. The summed E-state index contributed by atoms with van der Waals surface area (Å²) >= 11 is 0. The number of carbonyl (C=O) groups is 1. The Morgan fingerprint density at radius 3 is 2.96 bits per heavy atom. The minimum Gasteiger partial charge on any atom is -0.296 e. The summed E-state index contributed by atoms with van der Waals surface area (Å²) in [5.41, 5.74) is 4.26. The van der Waals surface area contributed by atoms with Crippen molar-refractivity contribution in [3.8, 4) is 0 Å². The van der Waals surface area contributed by atoms with E-state index < -0.39 is 0 Å². The quantitative estimate of drug-likeness (QED) is 0.730. The molecule has 23 heavy (non-hydrogen) atoms. The fourth-order valence-electron chi connectivity index (χ4n) is 3.35. The van der Waals surface area contributed by atoms with Gasteiger partial charge in [-0.25, -0.2) is 4.98 Å². The first-order valence-corrected chi connectivity index (χ1v) is 7.80. The molecule has 0 radical (unpaired) electrons. The highest BCUT2D eigenvalue weighted by Gasteiger charge is 2.27. The molecule has 116 valence electrons. The van der Waals surface area contributed by atoms with Gasteiger partial charge in [-0.05, 0) is 36.6 Å². The third-order valence-electron chi connectivity index (χ3n) is 4.56. The number of aromatic nitrogens is 3. The van der Waals surface area contributed by atoms with E-state index in [1.807, 2.05) is 42.1 Å². The minimum atomic E-state index is 0.0608. The smallest absolute Gasteiger partial charge is 0.234 e. The summed E-state index contributed by atoms with van der Waals surface area (Å²) in [6.07, 6.45) is 2.95. The number of hydrogen-bond acceptors (Lipinski definition) is 3. The average Bonchev–Trinajstić information content (AvgIpc) is 3.11. The van der Waals surface area contributed by atoms with Crippen LogP contribution < -0.4 is 4.90 Å². The lowest BCUT2D eigenvalue weighted by Gasteiger charge is -2.15. The predicted octanol–water partition coefficient (Wildman–Crippen LogP) is 2.41. The molecule has 0 bridgehead atoms. The van der Waals surface area contributed by atoms with Crippen LogP contribution in [0.15, 0.2) is 36.5 Å². The van der Waals surface area contributed by atoms with Crippen molar-refractivity contribution in [2.24, 2.45) is 7.05 Å². The Morgan fingerprint density at radius 2 is 2.09 bits per heavy atom.